The molecule has 25 heavy (non-hydrogen) atoms. The van der Waals surface area contributed by atoms with Crippen molar-refractivity contribution >= 4 is 38.4 Å². The van der Waals surface area contributed by atoms with Gasteiger partial charge in [-0.15, -0.1) is 0 Å². The van der Waals surface area contributed by atoms with Gasteiger partial charge in [-0.2, -0.15) is 0 Å². The zero-order valence-corrected chi connectivity index (χ0v) is 15.0. The Balaban J connectivity index is 2.34. The minimum atomic E-state index is -4.31. The van der Waals surface area contributed by atoms with Crippen LogP contribution in [-0.4, -0.2) is 39.6 Å². The Hall–Kier alpha value is -2.53. The number of thiazole rings is 1. The summed E-state index contributed by atoms with van der Waals surface area (Å²) in [7, 11) is -2.01. The van der Waals surface area contributed by atoms with Gasteiger partial charge in [-0.05, 0) is 25.1 Å². The molecule has 1 heterocycles. The molecule has 0 saturated heterocycles. The van der Waals surface area contributed by atoms with Crippen molar-refractivity contribution in [1.82, 2.24) is 4.98 Å². The number of nitrogens with one attached hydrogen (secondary N) is 1. The Bertz CT molecular complexity index is 939. The van der Waals surface area contributed by atoms with E-state index in [0.717, 1.165) is 36.6 Å². The third-order valence-corrected chi connectivity index (χ3v) is 5.59. The second-order valence-corrected chi connectivity index (χ2v) is 7.32. The van der Waals surface area contributed by atoms with E-state index in [9.17, 15) is 22.4 Å². The van der Waals surface area contributed by atoms with Crippen LogP contribution in [0.2, 0.25) is 0 Å². The van der Waals surface area contributed by atoms with E-state index < -0.39 is 32.7 Å². The topological polar surface area (TPSA) is 112 Å². The van der Waals surface area contributed by atoms with Crippen LogP contribution in [0.4, 0.5) is 9.52 Å². The fraction of sp³-hybridized carbons (Fsp3) is 0.214. The smallest absolute Gasteiger partial charge is 0.350 e. The molecule has 1 aromatic heterocycles. The first-order chi connectivity index (χ1) is 11.7. The Labute approximate surface area is 146 Å². The Kier molecular flexibility index (Phi) is 5.38. The Morgan fingerprint density at radius 3 is 2.40 bits per heavy atom. The number of aryl methyl sites for hydroxylation is 1. The lowest BCUT2D eigenvalue weighted by Gasteiger charge is -2.07. The summed E-state index contributed by atoms with van der Waals surface area (Å²) in [5.41, 5.74) is 0.146. The third-order valence-electron chi connectivity index (χ3n) is 3.03. The van der Waals surface area contributed by atoms with Gasteiger partial charge in [0.25, 0.3) is 10.0 Å². The van der Waals surface area contributed by atoms with Crippen LogP contribution in [0.3, 0.4) is 0 Å². The van der Waals surface area contributed by atoms with Crippen molar-refractivity contribution in [2.45, 2.75) is 11.8 Å². The van der Waals surface area contributed by atoms with E-state index >= 15 is 0 Å². The van der Waals surface area contributed by atoms with Gasteiger partial charge in [-0.25, -0.2) is 27.4 Å². The van der Waals surface area contributed by atoms with Crippen LogP contribution in [0.5, 0.6) is 0 Å². The number of nitrogens with zero attached hydrogens (tertiary/aromatic N) is 1. The molecular weight excluding hydrogens is 375 g/mol. The summed E-state index contributed by atoms with van der Waals surface area (Å²) in [4.78, 5) is 26.2. The van der Waals surface area contributed by atoms with E-state index in [0.29, 0.717) is 0 Å². The van der Waals surface area contributed by atoms with Gasteiger partial charge < -0.3 is 9.47 Å². The van der Waals surface area contributed by atoms with Gasteiger partial charge in [0.15, 0.2) is 5.13 Å². The molecule has 8 nitrogen and oxygen atoms in total. The third kappa shape index (κ3) is 3.94. The number of anilines is 1. The van der Waals surface area contributed by atoms with Crippen molar-refractivity contribution in [3.63, 3.8) is 0 Å². The first-order valence-electron chi connectivity index (χ1n) is 6.66. The molecule has 0 atom stereocenters. The van der Waals surface area contributed by atoms with Crippen molar-refractivity contribution in [3.8, 4) is 0 Å². The molecule has 0 amide bonds. The number of methoxy groups -OCH3 is 2. The maximum absolute atomic E-state index is 14.1. The van der Waals surface area contributed by atoms with E-state index in [1.807, 2.05) is 0 Å². The number of halogens is 1. The number of benzene rings is 1. The normalized spacial score (nSPS) is 11.0. The molecule has 2 aromatic rings. The zero-order chi connectivity index (χ0) is 18.8. The van der Waals surface area contributed by atoms with Gasteiger partial charge in [-0.1, -0.05) is 11.3 Å². The molecule has 0 saturated carbocycles. The fourth-order valence-corrected chi connectivity index (χ4v) is 4.04. The van der Waals surface area contributed by atoms with Crippen molar-refractivity contribution in [1.29, 1.82) is 0 Å². The molecule has 1 aromatic carbocycles. The summed E-state index contributed by atoms with van der Waals surface area (Å²) in [6.45, 7) is 1.51. The molecule has 0 aliphatic heterocycles. The van der Waals surface area contributed by atoms with Crippen LogP contribution in [0.1, 0.15) is 25.7 Å². The first kappa shape index (κ1) is 18.8. The highest BCUT2D eigenvalue weighted by Crippen LogP contribution is 2.26. The minimum Gasteiger partial charge on any atom is -0.465 e. The predicted octanol–water partition coefficient (Wildman–Crippen LogP) is 1.96. The number of hydrogen-bond acceptors (Lipinski definition) is 8. The largest absolute Gasteiger partial charge is 0.465 e. The molecular formula is C14H13FN2O6S2. The Morgan fingerprint density at radius 2 is 1.84 bits per heavy atom. The van der Waals surface area contributed by atoms with Crippen molar-refractivity contribution in [2.24, 2.45) is 0 Å². The number of esters is 2. The number of ether oxygens (including phenoxy) is 2. The molecule has 134 valence electrons. The molecule has 0 aliphatic carbocycles. The van der Waals surface area contributed by atoms with E-state index in [4.69, 9.17) is 0 Å². The molecule has 11 heteroatoms. The number of hydrogen-bond donors (Lipinski definition) is 1. The second kappa shape index (κ2) is 7.15. The molecule has 0 bridgehead atoms. The monoisotopic (exact) mass is 388 g/mol. The van der Waals surface area contributed by atoms with Crippen LogP contribution in [0, 0.1) is 12.7 Å². The number of carbonyl (C=O) groups excluding carboxylic acids is 2. The van der Waals surface area contributed by atoms with Gasteiger partial charge >= 0.3 is 11.9 Å². The quantitative estimate of drug-likeness (QED) is 0.779. The van der Waals surface area contributed by atoms with Crippen molar-refractivity contribution in [2.75, 3.05) is 18.9 Å². The molecule has 0 spiro atoms. The van der Waals surface area contributed by atoms with Crippen LogP contribution in [-0.2, 0) is 19.5 Å². The second-order valence-electron chi connectivity index (χ2n) is 4.67. The maximum Gasteiger partial charge on any atom is 0.350 e. The number of carbonyl (C=O) groups is 2. The molecule has 2 rings (SSSR count). The van der Waals surface area contributed by atoms with E-state index in [1.165, 1.54) is 14.0 Å². The summed E-state index contributed by atoms with van der Waals surface area (Å²) >= 11 is 0.759. The lowest BCUT2D eigenvalue weighted by molar-refractivity contribution is 0.0593. The molecule has 1 N–H and O–H groups in total. The maximum atomic E-state index is 14.1. The number of sulfonamides is 1. The summed E-state index contributed by atoms with van der Waals surface area (Å²) in [6, 6.07) is 2.81. The first-order valence-corrected chi connectivity index (χ1v) is 8.96. The Morgan fingerprint density at radius 1 is 1.20 bits per heavy atom. The van der Waals surface area contributed by atoms with Crippen LogP contribution in [0.15, 0.2) is 23.1 Å². The van der Waals surface area contributed by atoms with Gasteiger partial charge in [0.1, 0.15) is 15.6 Å². The average Bonchev–Trinajstić information content (AvgIpc) is 2.92. The fourth-order valence-electron chi connectivity index (χ4n) is 1.86. The lowest BCUT2D eigenvalue weighted by Crippen LogP contribution is -2.15. The summed E-state index contributed by atoms with van der Waals surface area (Å²) in [5, 5.41) is -0.116. The van der Waals surface area contributed by atoms with Crippen molar-refractivity contribution < 1.29 is 31.9 Å². The van der Waals surface area contributed by atoms with Crippen LogP contribution < -0.4 is 4.72 Å². The highest BCUT2D eigenvalue weighted by Gasteiger charge is 2.24. The van der Waals surface area contributed by atoms with Crippen LogP contribution >= 0.6 is 11.3 Å². The van der Waals surface area contributed by atoms with Crippen molar-refractivity contribution in [3.05, 3.63) is 40.2 Å². The SMILES string of the molecule is COC(=O)c1ccc(S(=O)(=O)Nc2nc(C)c(C(=O)OC)s2)c(F)c1. The summed E-state index contributed by atoms with van der Waals surface area (Å²) < 4.78 is 49.8. The van der Waals surface area contributed by atoms with E-state index in [-0.39, 0.29) is 21.3 Å². The van der Waals surface area contributed by atoms with Gasteiger partial charge in [0.2, 0.25) is 0 Å². The van der Waals surface area contributed by atoms with Gasteiger partial charge in [-0.3, -0.25) is 4.72 Å². The summed E-state index contributed by atoms with van der Waals surface area (Å²) in [5.74, 6) is -2.58. The van der Waals surface area contributed by atoms with Crippen LogP contribution in [0.25, 0.3) is 0 Å². The van der Waals surface area contributed by atoms with E-state index in [2.05, 4.69) is 19.2 Å². The zero-order valence-electron chi connectivity index (χ0n) is 13.3. The van der Waals surface area contributed by atoms with Gasteiger partial charge in [0.05, 0.1) is 25.5 Å². The average molecular weight is 388 g/mol. The number of rotatable bonds is 5. The summed E-state index contributed by atoms with van der Waals surface area (Å²) in [6.07, 6.45) is 0. The molecule has 0 fully saturated rings. The lowest BCUT2D eigenvalue weighted by atomic mass is 10.2. The highest BCUT2D eigenvalue weighted by molar-refractivity contribution is 7.93. The van der Waals surface area contributed by atoms with E-state index in [1.54, 1.807) is 0 Å². The predicted molar refractivity (Wildman–Crippen MR) is 86.7 cm³/mol. The molecule has 0 aliphatic rings. The van der Waals surface area contributed by atoms with Gasteiger partial charge in [0, 0.05) is 0 Å². The molecule has 0 radical (unpaired) electrons. The number of aromatic nitrogens is 1. The highest BCUT2D eigenvalue weighted by atomic mass is 32.2. The minimum absolute atomic E-state index is 0.116. The molecule has 0 unspecified atom stereocenters. The standard InChI is InChI=1S/C14H13FN2O6S2/c1-7-11(13(19)23-3)24-14(16-7)17-25(20,21)10-5-4-8(6-9(10)15)12(18)22-2/h4-6H,1-3H3,(H,16,17).